The van der Waals surface area contributed by atoms with Crippen molar-refractivity contribution < 1.29 is 9.18 Å². The van der Waals surface area contributed by atoms with Crippen molar-refractivity contribution in [1.29, 1.82) is 0 Å². The molecule has 0 aromatic heterocycles. The summed E-state index contributed by atoms with van der Waals surface area (Å²) < 4.78 is 14.0. The minimum Gasteiger partial charge on any atom is -0.322 e. The van der Waals surface area contributed by atoms with Crippen LogP contribution in [-0.2, 0) is 6.54 Å². The third kappa shape index (κ3) is 4.29. The zero-order chi connectivity index (χ0) is 15.2. The Morgan fingerprint density at radius 1 is 1.14 bits per heavy atom. The van der Waals surface area contributed by atoms with Gasteiger partial charge in [0, 0.05) is 12.2 Å². The number of benzene rings is 2. The summed E-state index contributed by atoms with van der Waals surface area (Å²) in [4.78, 5) is 12.2. The van der Waals surface area contributed by atoms with Gasteiger partial charge in [-0.15, -0.1) is 12.4 Å². The van der Waals surface area contributed by atoms with Crippen molar-refractivity contribution in [2.24, 2.45) is 0 Å². The number of rotatable bonds is 5. The first-order valence-corrected chi connectivity index (χ1v) is 6.98. The third-order valence-corrected chi connectivity index (χ3v) is 3.27. The van der Waals surface area contributed by atoms with Gasteiger partial charge in [0.1, 0.15) is 5.82 Å². The monoisotopic (exact) mass is 322 g/mol. The Bertz CT molecular complexity index is 646. The van der Waals surface area contributed by atoms with E-state index in [2.05, 4.69) is 10.6 Å². The van der Waals surface area contributed by atoms with Gasteiger partial charge in [-0.2, -0.15) is 0 Å². The largest absolute Gasteiger partial charge is 0.322 e. The Balaban J connectivity index is 0.00000242. The van der Waals surface area contributed by atoms with Gasteiger partial charge in [0.25, 0.3) is 5.91 Å². The third-order valence-electron chi connectivity index (χ3n) is 3.27. The number of carbonyl (C=O) groups excluding carboxylic acids is 1. The standard InChI is InChI=1S/C17H19FN2O.ClH/c1-3-19-11-13-8-4-5-10-15(13)20-17(21)14-9-6-7-12(2)16(14)18;/h4-10,19H,3,11H2,1-2H3,(H,20,21);1H. The minimum atomic E-state index is -0.473. The molecule has 22 heavy (non-hydrogen) atoms. The van der Waals surface area contributed by atoms with Crippen LogP contribution < -0.4 is 10.6 Å². The number of aryl methyl sites for hydroxylation is 1. The van der Waals surface area contributed by atoms with Gasteiger partial charge in [0.15, 0.2) is 0 Å². The summed E-state index contributed by atoms with van der Waals surface area (Å²) in [5.74, 6) is -0.903. The molecule has 2 aromatic rings. The van der Waals surface area contributed by atoms with Gasteiger partial charge in [-0.25, -0.2) is 4.39 Å². The maximum atomic E-state index is 14.0. The minimum absolute atomic E-state index is 0. The summed E-state index contributed by atoms with van der Waals surface area (Å²) in [7, 11) is 0. The molecule has 0 unspecified atom stereocenters. The van der Waals surface area contributed by atoms with Crippen LogP contribution in [-0.4, -0.2) is 12.5 Å². The molecule has 0 heterocycles. The van der Waals surface area contributed by atoms with Crippen LogP contribution in [0.25, 0.3) is 0 Å². The SMILES string of the molecule is CCNCc1ccccc1NC(=O)c1cccc(C)c1F.Cl. The number of carbonyl (C=O) groups is 1. The van der Waals surface area contributed by atoms with Crippen LogP contribution in [0.1, 0.15) is 28.4 Å². The molecule has 0 aliphatic heterocycles. The van der Waals surface area contributed by atoms with Gasteiger partial charge >= 0.3 is 0 Å². The molecular formula is C17H20ClFN2O. The van der Waals surface area contributed by atoms with Crippen molar-refractivity contribution in [2.75, 3.05) is 11.9 Å². The van der Waals surface area contributed by atoms with E-state index in [1.54, 1.807) is 19.1 Å². The van der Waals surface area contributed by atoms with Gasteiger partial charge in [-0.3, -0.25) is 4.79 Å². The van der Waals surface area contributed by atoms with E-state index in [1.807, 2.05) is 31.2 Å². The maximum Gasteiger partial charge on any atom is 0.258 e. The first-order valence-electron chi connectivity index (χ1n) is 6.98. The molecule has 0 saturated carbocycles. The van der Waals surface area contributed by atoms with Crippen molar-refractivity contribution in [2.45, 2.75) is 20.4 Å². The second kappa shape index (κ2) is 8.51. The van der Waals surface area contributed by atoms with Crippen molar-refractivity contribution in [1.82, 2.24) is 5.32 Å². The number of hydrogen-bond donors (Lipinski definition) is 2. The first-order chi connectivity index (χ1) is 10.1. The van der Waals surface area contributed by atoms with E-state index in [-0.39, 0.29) is 18.0 Å². The Kier molecular flexibility index (Phi) is 7.02. The second-order valence-corrected chi connectivity index (χ2v) is 4.83. The summed E-state index contributed by atoms with van der Waals surface area (Å²) in [5, 5.41) is 6.00. The van der Waals surface area contributed by atoms with Crippen LogP contribution in [0.15, 0.2) is 42.5 Å². The number of para-hydroxylation sites is 1. The normalized spacial score (nSPS) is 9.95. The molecule has 0 spiro atoms. The molecule has 0 saturated heterocycles. The van der Waals surface area contributed by atoms with E-state index < -0.39 is 11.7 Å². The molecule has 118 valence electrons. The summed E-state index contributed by atoms with van der Waals surface area (Å²) in [6, 6.07) is 12.3. The van der Waals surface area contributed by atoms with Crippen molar-refractivity contribution in [3.05, 3.63) is 65.0 Å². The van der Waals surface area contributed by atoms with Crippen LogP contribution in [0.5, 0.6) is 0 Å². The van der Waals surface area contributed by atoms with Crippen molar-refractivity contribution in [3.63, 3.8) is 0 Å². The molecule has 0 bridgehead atoms. The molecule has 2 N–H and O–H groups in total. The lowest BCUT2D eigenvalue weighted by Crippen LogP contribution is -2.18. The van der Waals surface area contributed by atoms with E-state index in [0.717, 1.165) is 12.1 Å². The van der Waals surface area contributed by atoms with E-state index in [4.69, 9.17) is 0 Å². The fourth-order valence-electron chi connectivity index (χ4n) is 2.07. The summed E-state index contributed by atoms with van der Waals surface area (Å²) in [6.07, 6.45) is 0. The smallest absolute Gasteiger partial charge is 0.258 e. The molecule has 2 rings (SSSR count). The Labute approximate surface area is 136 Å². The van der Waals surface area contributed by atoms with E-state index in [9.17, 15) is 9.18 Å². The Hall–Kier alpha value is -1.91. The molecule has 0 aliphatic carbocycles. The zero-order valence-corrected chi connectivity index (χ0v) is 13.5. The van der Waals surface area contributed by atoms with E-state index in [1.165, 1.54) is 6.07 Å². The summed E-state index contributed by atoms with van der Waals surface area (Å²) >= 11 is 0. The number of halogens is 2. The molecule has 0 radical (unpaired) electrons. The average Bonchev–Trinajstić information content (AvgIpc) is 2.49. The highest BCUT2D eigenvalue weighted by molar-refractivity contribution is 6.05. The number of anilines is 1. The highest BCUT2D eigenvalue weighted by Crippen LogP contribution is 2.18. The molecule has 1 amide bonds. The molecular weight excluding hydrogens is 303 g/mol. The lowest BCUT2D eigenvalue weighted by molar-refractivity contribution is 0.102. The van der Waals surface area contributed by atoms with Gasteiger partial charge in [0.05, 0.1) is 5.56 Å². The topological polar surface area (TPSA) is 41.1 Å². The van der Waals surface area contributed by atoms with Gasteiger partial charge < -0.3 is 10.6 Å². The maximum absolute atomic E-state index is 14.0. The van der Waals surface area contributed by atoms with Crippen LogP contribution >= 0.6 is 12.4 Å². The molecule has 3 nitrogen and oxygen atoms in total. The fourth-order valence-corrected chi connectivity index (χ4v) is 2.07. The van der Waals surface area contributed by atoms with Crippen LogP contribution in [0, 0.1) is 12.7 Å². The molecule has 5 heteroatoms. The van der Waals surface area contributed by atoms with Crippen molar-refractivity contribution >= 4 is 24.0 Å². The van der Waals surface area contributed by atoms with E-state index in [0.29, 0.717) is 17.8 Å². The highest BCUT2D eigenvalue weighted by atomic mass is 35.5. The van der Waals surface area contributed by atoms with Gasteiger partial charge in [-0.1, -0.05) is 37.3 Å². The van der Waals surface area contributed by atoms with Crippen LogP contribution in [0.2, 0.25) is 0 Å². The molecule has 0 atom stereocenters. The average molecular weight is 323 g/mol. The van der Waals surface area contributed by atoms with Crippen LogP contribution in [0.4, 0.5) is 10.1 Å². The highest BCUT2D eigenvalue weighted by Gasteiger charge is 2.14. The second-order valence-electron chi connectivity index (χ2n) is 4.83. The Morgan fingerprint density at radius 3 is 2.59 bits per heavy atom. The molecule has 0 aliphatic rings. The zero-order valence-electron chi connectivity index (χ0n) is 12.7. The lowest BCUT2D eigenvalue weighted by Gasteiger charge is -2.12. The molecule has 2 aromatic carbocycles. The molecule has 0 fully saturated rings. The predicted octanol–water partition coefficient (Wildman–Crippen LogP) is 3.92. The summed E-state index contributed by atoms with van der Waals surface area (Å²) in [5.41, 5.74) is 2.20. The Morgan fingerprint density at radius 2 is 1.86 bits per heavy atom. The number of nitrogens with one attached hydrogen (secondary N) is 2. The lowest BCUT2D eigenvalue weighted by atomic mass is 10.1. The van der Waals surface area contributed by atoms with E-state index >= 15 is 0 Å². The summed E-state index contributed by atoms with van der Waals surface area (Å²) in [6.45, 7) is 5.16. The van der Waals surface area contributed by atoms with Crippen molar-refractivity contribution in [3.8, 4) is 0 Å². The van der Waals surface area contributed by atoms with Gasteiger partial charge in [-0.05, 0) is 36.7 Å². The fraction of sp³-hybridized carbons (Fsp3) is 0.235. The van der Waals surface area contributed by atoms with Gasteiger partial charge in [0.2, 0.25) is 0 Å². The quantitative estimate of drug-likeness (QED) is 0.876. The number of hydrogen-bond acceptors (Lipinski definition) is 2. The number of amides is 1. The van der Waals surface area contributed by atoms with Crippen LogP contribution in [0.3, 0.4) is 0 Å². The predicted molar refractivity (Wildman–Crippen MR) is 90.2 cm³/mol. The first kappa shape index (κ1) is 18.1.